The van der Waals surface area contributed by atoms with Gasteiger partial charge in [-0.25, -0.2) is 0 Å². The lowest BCUT2D eigenvalue weighted by atomic mass is 10.2. The minimum absolute atomic E-state index is 0.0104. The molecule has 0 saturated carbocycles. The number of non-ortho nitro benzene ring substituents is 1. The molecule has 1 unspecified atom stereocenters. The molecule has 0 bridgehead atoms. The summed E-state index contributed by atoms with van der Waals surface area (Å²) in [6.45, 7) is 1.72. The van der Waals surface area contributed by atoms with Gasteiger partial charge in [-0.2, -0.15) is 11.3 Å². The van der Waals surface area contributed by atoms with E-state index in [-0.39, 0.29) is 36.3 Å². The van der Waals surface area contributed by atoms with Gasteiger partial charge in [0.25, 0.3) is 17.5 Å². The molecule has 3 rings (SSSR count). The third-order valence-electron chi connectivity index (χ3n) is 3.82. The quantitative estimate of drug-likeness (QED) is 0.336. The number of nitro benzene ring substituents is 1. The molecule has 11 heteroatoms. The Morgan fingerprint density at radius 2 is 2.03 bits per heavy atom. The first-order valence-electron chi connectivity index (χ1n) is 8.52. The van der Waals surface area contributed by atoms with Gasteiger partial charge in [-0.3, -0.25) is 19.7 Å². The molecule has 10 nitrogen and oxygen atoms in total. The number of aromatic nitrogens is 2. The van der Waals surface area contributed by atoms with Crippen molar-refractivity contribution >= 4 is 28.9 Å². The average Bonchev–Trinajstić information content (AvgIpc) is 3.40. The Labute approximate surface area is 168 Å². The summed E-state index contributed by atoms with van der Waals surface area (Å²) in [7, 11) is 0. The molecule has 150 valence electrons. The first kappa shape index (κ1) is 20.1. The smallest absolute Gasteiger partial charge is 0.308 e. The molecule has 2 aromatic heterocycles. The summed E-state index contributed by atoms with van der Waals surface area (Å²) < 4.78 is 10.7. The summed E-state index contributed by atoms with van der Waals surface area (Å²) >= 11 is 1.41. The van der Waals surface area contributed by atoms with E-state index in [2.05, 4.69) is 15.5 Å². The average molecular weight is 416 g/mol. The highest BCUT2D eigenvalue weighted by Gasteiger charge is 2.19. The van der Waals surface area contributed by atoms with Gasteiger partial charge in [-0.1, -0.05) is 0 Å². The molecular formula is C18H16N4O6S. The van der Waals surface area contributed by atoms with Crippen molar-refractivity contribution in [3.8, 4) is 11.5 Å². The zero-order valence-electron chi connectivity index (χ0n) is 15.2. The van der Waals surface area contributed by atoms with Gasteiger partial charge in [0.2, 0.25) is 5.89 Å². The van der Waals surface area contributed by atoms with E-state index in [4.69, 9.17) is 9.15 Å². The lowest BCUT2D eigenvalue weighted by molar-refractivity contribution is -0.384. The minimum Gasteiger partial charge on any atom is -0.453 e. The molecule has 1 amide bonds. The van der Waals surface area contributed by atoms with Crippen LogP contribution < -0.4 is 5.32 Å². The number of hydrogen-bond donors (Lipinski definition) is 1. The Morgan fingerprint density at radius 3 is 2.69 bits per heavy atom. The molecule has 0 spiro atoms. The first-order valence-corrected chi connectivity index (χ1v) is 9.46. The summed E-state index contributed by atoms with van der Waals surface area (Å²) in [5.41, 5.74) is 0.993. The summed E-state index contributed by atoms with van der Waals surface area (Å²) in [4.78, 5) is 33.9. The van der Waals surface area contributed by atoms with Gasteiger partial charge in [-0.15, -0.1) is 10.2 Å². The number of thiophene rings is 1. The van der Waals surface area contributed by atoms with Crippen LogP contribution in [0.1, 0.15) is 35.7 Å². The van der Waals surface area contributed by atoms with Crippen LogP contribution in [0.25, 0.3) is 11.5 Å². The zero-order valence-corrected chi connectivity index (χ0v) is 16.0. The van der Waals surface area contributed by atoms with E-state index in [1.807, 2.05) is 0 Å². The summed E-state index contributed by atoms with van der Waals surface area (Å²) in [5, 5.41) is 24.6. The number of nitrogens with zero attached hydrogens (tertiary/aromatic N) is 3. The van der Waals surface area contributed by atoms with Gasteiger partial charge >= 0.3 is 5.97 Å². The molecule has 0 saturated heterocycles. The number of amides is 1. The molecule has 0 aliphatic rings. The van der Waals surface area contributed by atoms with E-state index < -0.39 is 17.0 Å². The molecule has 0 aliphatic heterocycles. The fraction of sp³-hybridized carbons (Fsp3) is 0.222. The van der Waals surface area contributed by atoms with Crippen molar-refractivity contribution in [3.63, 3.8) is 0 Å². The second-order valence-corrected chi connectivity index (χ2v) is 6.68. The van der Waals surface area contributed by atoms with E-state index >= 15 is 0 Å². The van der Waals surface area contributed by atoms with Crippen LogP contribution >= 0.6 is 11.3 Å². The maximum Gasteiger partial charge on any atom is 0.308 e. The van der Waals surface area contributed by atoms with E-state index in [0.29, 0.717) is 11.1 Å². The molecule has 0 aliphatic carbocycles. The van der Waals surface area contributed by atoms with Crippen LogP contribution in [0, 0.1) is 10.1 Å². The normalized spacial score (nSPS) is 11.6. The number of carbonyl (C=O) groups excluding carboxylic acids is 2. The molecule has 3 aromatic rings. The van der Waals surface area contributed by atoms with Crippen molar-refractivity contribution in [2.45, 2.75) is 19.4 Å². The van der Waals surface area contributed by atoms with E-state index in [1.54, 1.807) is 23.8 Å². The predicted octanol–water partition coefficient (Wildman–Crippen LogP) is 3.13. The largest absolute Gasteiger partial charge is 0.453 e. The Balaban J connectivity index is 1.50. The van der Waals surface area contributed by atoms with E-state index in [0.717, 1.165) is 0 Å². The number of rotatable bonds is 8. The Hall–Kier alpha value is -3.60. The fourth-order valence-corrected chi connectivity index (χ4v) is 2.96. The van der Waals surface area contributed by atoms with E-state index in [1.165, 1.54) is 35.6 Å². The van der Waals surface area contributed by atoms with Crippen LogP contribution in [0.2, 0.25) is 0 Å². The van der Waals surface area contributed by atoms with Crippen LogP contribution in [-0.4, -0.2) is 33.5 Å². The molecule has 29 heavy (non-hydrogen) atoms. The molecule has 0 fully saturated rings. The zero-order chi connectivity index (χ0) is 20.8. The monoisotopic (exact) mass is 416 g/mol. The highest BCUT2D eigenvalue weighted by atomic mass is 32.1. The number of hydrogen-bond acceptors (Lipinski definition) is 9. The lowest BCUT2D eigenvalue weighted by Gasteiger charge is -2.09. The second-order valence-electron chi connectivity index (χ2n) is 5.90. The molecule has 1 atom stereocenters. The topological polar surface area (TPSA) is 137 Å². The van der Waals surface area contributed by atoms with Gasteiger partial charge in [0.05, 0.1) is 11.3 Å². The molecule has 1 N–H and O–H groups in total. The molecule has 2 heterocycles. The molecule has 0 radical (unpaired) electrons. The summed E-state index contributed by atoms with van der Waals surface area (Å²) in [6.07, 6.45) is -0.793. The maximum absolute atomic E-state index is 11.9. The van der Waals surface area contributed by atoms with Crippen LogP contribution in [0.15, 0.2) is 45.5 Å². The van der Waals surface area contributed by atoms with Crippen molar-refractivity contribution in [1.29, 1.82) is 0 Å². The number of benzene rings is 1. The van der Waals surface area contributed by atoms with Crippen LogP contribution in [-0.2, 0) is 9.53 Å². The third-order valence-corrected chi connectivity index (χ3v) is 4.50. The highest BCUT2D eigenvalue weighted by molar-refractivity contribution is 7.08. The Bertz CT molecular complexity index is 1000. The van der Waals surface area contributed by atoms with Crippen molar-refractivity contribution in [2.75, 3.05) is 6.54 Å². The van der Waals surface area contributed by atoms with E-state index in [9.17, 15) is 19.7 Å². The number of ether oxygens (including phenoxy) is 1. The van der Waals surface area contributed by atoms with Gasteiger partial charge in [0, 0.05) is 35.2 Å². The molecular weight excluding hydrogens is 400 g/mol. The van der Waals surface area contributed by atoms with Gasteiger partial charge < -0.3 is 14.5 Å². The van der Waals surface area contributed by atoms with Crippen molar-refractivity contribution in [1.82, 2.24) is 15.5 Å². The Kier molecular flexibility index (Phi) is 6.29. The predicted molar refractivity (Wildman–Crippen MR) is 102 cm³/mol. The molecule has 1 aromatic carbocycles. The van der Waals surface area contributed by atoms with Crippen LogP contribution in [0.4, 0.5) is 5.69 Å². The highest BCUT2D eigenvalue weighted by Crippen LogP contribution is 2.24. The van der Waals surface area contributed by atoms with Crippen LogP contribution in [0.3, 0.4) is 0 Å². The first-order chi connectivity index (χ1) is 13.9. The standard InChI is InChI=1S/C18H16N4O6S/c1-11(27-15(23)6-8-19-16(24)13-7-9-29-10-13)17-20-21-18(28-17)12-2-4-14(5-3-12)22(25)26/h2-5,7,9-11H,6,8H2,1H3,(H,19,24). The number of carbonyl (C=O) groups is 2. The van der Waals surface area contributed by atoms with Crippen molar-refractivity contribution < 1.29 is 23.7 Å². The number of nitrogens with one attached hydrogen (secondary N) is 1. The third kappa shape index (κ3) is 5.23. The van der Waals surface area contributed by atoms with Gasteiger partial charge in [0.1, 0.15) is 0 Å². The van der Waals surface area contributed by atoms with Crippen molar-refractivity contribution in [3.05, 3.63) is 62.7 Å². The van der Waals surface area contributed by atoms with Crippen molar-refractivity contribution in [2.24, 2.45) is 0 Å². The summed E-state index contributed by atoms with van der Waals surface area (Å²) in [5.74, 6) is -0.537. The summed E-state index contributed by atoms with van der Waals surface area (Å²) in [6, 6.07) is 7.32. The van der Waals surface area contributed by atoms with Gasteiger partial charge in [-0.05, 0) is 30.5 Å². The SMILES string of the molecule is CC(OC(=O)CCNC(=O)c1ccsc1)c1nnc(-c2ccc([N+](=O)[O-])cc2)o1. The maximum atomic E-state index is 11.9. The van der Waals surface area contributed by atoms with Crippen LogP contribution in [0.5, 0.6) is 0 Å². The second kappa shape index (κ2) is 9.06. The number of esters is 1. The fourth-order valence-electron chi connectivity index (χ4n) is 2.32. The minimum atomic E-state index is -0.783. The van der Waals surface area contributed by atoms with Gasteiger partial charge in [0.15, 0.2) is 6.10 Å². The lowest BCUT2D eigenvalue weighted by Crippen LogP contribution is -2.26. The Morgan fingerprint density at radius 1 is 1.28 bits per heavy atom. The number of nitro groups is 1.